The number of carbonyl (C=O) groups is 1. The van der Waals surface area contributed by atoms with Gasteiger partial charge in [-0.05, 0) is 19.3 Å². The van der Waals surface area contributed by atoms with Crippen LogP contribution >= 0.6 is 0 Å². The monoisotopic (exact) mass is 270 g/mol. The molecule has 3 heteroatoms. The van der Waals surface area contributed by atoms with Gasteiger partial charge in [0.1, 0.15) is 0 Å². The van der Waals surface area contributed by atoms with E-state index in [0.717, 1.165) is 12.8 Å². The van der Waals surface area contributed by atoms with E-state index in [1.54, 1.807) is 0 Å². The zero-order valence-corrected chi connectivity index (χ0v) is 12.7. The molecule has 0 aromatic heterocycles. The largest absolute Gasteiger partial charge is 0.469 e. The molecule has 1 heterocycles. The van der Waals surface area contributed by atoms with E-state index in [-0.39, 0.29) is 5.97 Å². The lowest BCUT2D eigenvalue weighted by Gasteiger charge is -2.00. The number of hydrogen-bond acceptors (Lipinski definition) is 3. The Morgan fingerprint density at radius 2 is 1.53 bits per heavy atom. The summed E-state index contributed by atoms with van der Waals surface area (Å²) in [5.74, 6) is -0.0855. The summed E-state index contributed by atoms with van der Waals surface area (Å²) in [5, 5.41) is 0. The van der Waals surface area contributed by atoms with Crippen molar-refractivity contribution in [2.45, 2.75) is 89.8 Å². The van der Waals surface area contributed by atoms with Gasteiger partial charge >= 0.3 is 5.97 Å². The highest BCUT2D eigenvalue weighted by atomic mass is 16.6. The van der Waals surface area contributed by atoms with Crippen LogP contribution in [0.5, 0.6) is 0 Å². The third-order valence-corrected chi connectivity index (χ3v) is 3.88. The van der Waals surface area contributed by atoms with E-state index in [1.165, 1.54) is 58.5 Å². The van der Waals surface area contributed by atoms with E-state index in [4.69, 9.17) is 4.74 Å². The first kappa shape index (κ1) is 16.5. The second kappa shape index (κ2) is 10.2. The van der Waals surface area contributed by atoms with Gasteiger partial charge in [0.2, 0.25) is 0 Å². The van der Waals surface area contributed by atoms with Crippen molar-refractivity contribution in [2.75, 3.05) is 7.11 Å². The SMILES string of the molecule is CCCCCCC1OC1CCCCCCC(=O)OC. The molecule has 0 N–H and O–H groups in total. The molecule has 2 atom stereocenters. The van der Waals surface area contributed by atoms with Gasteiger partial charge in [-0.15, -0.1) is 0 Å². The van der Waals surface area contributed by atoms with E-state index in [1.807, 2.05) is 0 Å². The number of unbranched alkanes of at least 4 members (excludes halogenated alkanes) is 6. The molecular formula is C16H30O3. The van der Waals surface area contributed by atoms with Crippen molar-refractivity contribution in [3.05, 3.63) is 0 Å². The molecule has 3 nitrogen and oxygen atoms in total. The minimum Gasteiger partial charge on any atom is -0.469 e. The highest BCUT2D eigenvalue weighted by Gasteiger charge is 2.36. The van der Waals surface area contributed by atoms with Gasteiger partial charge < -0.3 is 9.47 Å². The third kappa shape index (κ3) is 8.25. The summed E-state index contributed by atoms with van der Waals surface area (Å²) in [7, 11) is 1.45. The molecule has 1 saturated heterocycles. The Labute approximate surface area is 118 Å². The Morgan fingerprint density at radius 3 is 2.11 bits per heavy atom. The molecule has 1 aliphatic rings. The van der Waals surface area contributed by atoms with Crippen molar-refractivity contribution in [3.8, 4) is 0 Å². The zero-order chi connectivity index (χ0) is 13.9. The van der Waals surface area contributed by atoms with Crippen LogP contribution in [-0.2, 0) is 14.3 Å². The van der Waals surface area contributed by atoms with Gasteiger partial charge in [-0.1, -0.05) is 51.9 Å². The molecule has 0 radical (unpaired) electrons. The minimum atomic E-state index is -0.0855. The van der Waals surface area contributed by atoms with Crippen molar-refractivity contribution in [3.63, 3.8) is 0 Å². The van der Waals surface area contributed by atoms with Crippen molar-refractivity contribution in [1.82, 2.24) is 0 Å². The normalized spacial score (nSPS) is 21.4. The summed E-state index contributed by atoms with van der Waals surface area (Å²) in [5.41, 5.74) is 0. The van der Waals surface area contributed by atoms with Gasteiger partial charge in [0.05, 0.1) is 19.3 Å². The molecule has 2 unspecified atom stereocenters. The second-order valence-electron chi connectivity index (χ2n) is 5.59. The molecule has 0 saturated carbocycles. The summed E-state index contributed by atoms with van der Waals surface area (Å²) in [6, 6.07) is 0. The molecule has 1 fully saturated rings. The van der Waals surface area contributed by atoms with Gasteiger partial charge in [0.15, 0.2) is 0 Å². The number of methoxy groups -OCH3 is 1. The van der Waals surface area contributed by atoms with Crippen LogP contribution in [0.4, 0.5) is 0 Å². The first-order valence-electron chi connectivity index (χ1n) is 8.00. The molecule has 0 aliphatic carbocycles. The summed E-state index contributed by atoms with van der Waals surface area (Å²) < 4.78 is 10.3. The zero-order valence-electron chi connectivity index (χ0n) is 12.7. The van der Waals surface area contributed by atoms with Crippen LogP contribution in [0.2, 0.25) is 0 Å². The maximum absolute atomic E-state index is 10.9. The summed E-state index contributed by atoms with van der Waals surface area (Å²) in [6.45, 7) is 2.25. The maximum atomic E-state index is 10.9. The Kier molecular flexibility index (Phi) is 8.89. The Hall–Kier alpha value is -0.570. The van der Waals surface area contributed by atoms with Crippen LogP contribution in [0.25, 0.3) is 0 Å². The Morgan fingerprint density at radius 1 is 0.947 bits per heavy atom. The van der Waals surface area contributed by atoms with Crippen molar-refractivity contribution >= 4 is 5.97 Å². The predicted octanol–water partition coefficient (Wildman–Crippen LogP) is 4.24. The van der Waals surface area contributed by atoms with E-state index in [9.17, 15) is 4.79 Å². The van der Waals surface area contributed by atoms with Gasteiger partial charge in [0.25, 0.3) is 0 Å². The molecule has 0 bridgehead atoms. The average Bonchev–Trinajstić information content (AvgIpc) is 3.17. The second-order valence-corrected chi connectivity index (χ2v) is 5.59. The topological polar surface area (TPSA) is 38.8 Å². The Bertz CT molecular complexity index is 240. The van der Waals surface area contributed by atoms with Gasteiger partial charge in [-0.25, -0.2) is 0 Å². The number of epoxide rings is 1. The highest BCUT2D eigenvalue weighted by Crippen LogP contribution is 2.31. The first-order chi connectivity index (χ1) is 9.27. The fourth-order valence-corrected chi connectivity index (χ4v) is 2.53. The molecular weight excluding hydrogens is 240 g/mol. The average molecular weight is 270 g/mol. The van der Waals surface area contributed by atoms with Gasteiger partial charge in [-0.3, -0.25) is 4.79 Å². The summed E-state index contributed by atoms with van der Waals surface area (Å²) in [6.07, 6.45) is 14.0. The summed E-state index contributed by atoms with van der Waals surface area (Å²) >= 11 is 0. The van der Waals surface area contributed by atoms with Crippen molar-refractivity contribution in [2.24, 2.45) is 0 Å². The van der Waals surface area contributed by atoms with E-state index < -0.39 is 0 Å². The van der Waals surface area contributed by atoms with Gasteiger partial charge in [-0.2, -0.15) is 0 Å². The van der Waals surface area contributed by atoms with Crippen molar-refractivity contribution in [1.29, 1.82) is 0 Å². The lowest BCUT2D eigenvalue weighted by Crippen LogP contribution is -1.99. The molecule has 112 valence electrons. The highest BCUT2D eigenvalue weighted by molar-refractivity contribution is 5.68. The van der Waals surface area contributed by atoms with E-state index in [2.05, 4.69) is 11.7 Å². The number of esters is 1. The maximum Gasteiger partial charge on any atom is 0.305 e. The first-order valence-corrected chi connectivity index (χ1v) is 8.00. The third-order valence-electron chi connectivity index (χ3n) is 3.88. The Balaban J connectivity index is 1.80. The van der Waals surface area contributed by atoms with Crippen LogP contribution in [0.15, 0.2) is 0 Å². The van der Waals surface area contributed by atoms with Gasteiger partial charge in [0, 0.05) is 6.42 Å². The van der Waals surface area contributed by atoms with Crippen LogP contribution in [0, 0.1) is 0 Å². The minimum absolute atomic E-state index is 0.0855. The number of ether oxygens (including phenoxy) is 2. The summed E-state index contributed by atoms with van der Waals surface area (Å²) in [4.78, 5) is 10.9. The fourth-order valence-electron chi connectivity index (χ4n) is 2.53. The van der Waals surface area contributed by atoms with Crippen LogP contribution in [-0.4, -0.2) is 25.3 Å². The molecule has 19 heavy (non-hydrogen) atoms. The van der Waals surface area contributed by atoms with E-state index in [0.29, 0.717) is 18.6 Å². The molecule has 0 aromatic carbocycles. The number of hydrogen-bond donors (Lipinski definition) is 0. The predicted molar refractivity (Wildman–Crippen MR) is 77.1 cm³/mol. The fraction of sp³-hybridized carbons (Fsp3) is 0.938. The van der Waals surface area contributed by atoms with Crippen LogP contribution in [0.3, 0.4) is 0 Å². The quantitative estimate of drug-likeness (QED) is 0.302. The lowest BCUT2D eigenvalue weighted by atomic mass is 10.0. The molecule has 1 aliphatic heterocycles. The molecule has 0 amide bonds. The molecule has 0 spiro atoms. The molecule has 1 rings (SSSR count). The standard InChI is InChI=1S/C16H30O3/c1-3-4-5-8-11-14-15(19-14)12-9-6-7-10-13-16(17)18-2/h14-15H,3-13H2,1-2H3. The number of carbonyl (C=O) groups excluding carboxylic acids is 1. The van der Waals surface area contributed by atoms with E-state index >= 15 is 0 Å². The molecule has 0 aromatic rings. The number of rotatable bonds is 12. The smallest absolute Gasteiger partial charge is 0.305 e. The van der Waals surface area contributed by atoms with Crippen LogP contribution in [0.1, 0.15) is 77.6 Å². The van der Waals surface area contributed by atoms with Crippen LogP contribution < -0.4 is 0 Å². The lowest BCUT2D eigenvalue weighted by molar-refractivity contribution is -0.140. The van der Waals surface area contributed by atoms with Crippen molar-refractivity contribution < 1.29 is 14.3 Å².